The number of ether oxygens (including phenoxy) is 2. The number of anilines is 1. The van der Waals surface area contributed by atoms with E-state index in [0.717, 1.165) is 17.0 Å². The van der Waals surface area contributed by atoms with E-state index in [1.807, 2.05) is 6.92 Å². The van der Waals surface area contributed by atoms with Gasteiger partial charge in [0.2, 0.25) is 21.8 Å². The first-order valence-corrected chi connectivity index (χ1v) is 14.3. The molecule has 1 N–H and O–H groups in total. The van der Waals surface area contributed by atoms with Crippen LogP contribution < -0.4 is 19.1 Å². The van der Waals surface area contributed by atoms with Gasteiger partial charge in [-0.3, -0.25) is 13.9 Å². The Morgan fingerprint density at radius 3 is 2.27 bits per heavy atom. The van der Waals surface area contributed by atoms with Gasteiger partial charge < -0.3 is 19.7 Å². The molecule has 1 atom stereocenters. The first kappa shape index (κ1) is 30.5. The van der Waals surface area contributed by atoms with Crippen LogP contribution in [-0.4, -0.2) is 64.7 Å². The van der Waals surface area contributed by atoms with Crippen LogP contribution in [0.2, 0.25) is 10.0 Å². The van der Waals surface area contributed by atoms with Crippen molar-refractivity contribution in [2.75, 3.05) is 37.9 Å². The Morgan fingerprint density at radius 2 is 1.73 bits per heavy atom. The smallest absolute Gasteiger partial charge is 0.244 e. The molecule has 0 spiro atoms. The van der Waals surface area contributed by atoms with Crippen molar-refractivity contribution in [2.45, 2.75) is 39.3 Å². The highest BCUT2D eigenvalue weighted by atomic mass is 35.5. The van der Waals surface area contributed by atoms with E-state index in [1.165, 1.54) is 25.2 Å². The van der Waals surface area contributed by atoms with Crippen molar-refractivity contribution in [3.63, 3.8) is 0 Å². The number of methoxy groups -OCH3 is 2. The van der Waals surface area contributed by atoms with Crippen LogP contribution in [0.15, 0.2) is 36.4 Å². The van der Waals surface area contributed by atoms with Crippen LogP contribution in [0.3, 0.4) is 0 Å². The number of nitrogens with zero attached hydrogens (tertiary/aromatic N) is 2. The molecule has 37 heavy (non-hydrogen) atoms. The van der Waals surface area contributed by atoms with Gasteiger partial charge in [-0.2, -0.15) is 0 Å². The maximum atomic E-state index is 13.8. The summed E-state index contributed by atoms with van der Waals surface area (Å²) in [5.41, 5.74) is 0.769. The minimum absolute atomic E-state index is 0.0145. The van der Waals surface area contributed by atoms with Gasteiger partial charge in [0.25, 0.3) is 0 Å². The number of hydrogen-bond donors (Lipinski definition) is 1. The Hall–Kier alpha value is -2.69. The maximum absolute atomic E-state index is 13.8. The zero-order chi connectivity index (χ0) is 27.8. The number of rotatable bonds is 13. The van der Waals surface area contributed by atoms with E-state index in [2.05, 4.69) is 5.32 Å². The molecule has 0 heterocycles. The molecule has 0 aliphatic carbocycles. The summed E-state index contributed by atoms with van der Waals surface area (Å²) in [6.45, 7) is 3.60. The highest BCUT2D eigenvalue weighted by molar-refractivity contribution is 7.92. The molecule has 12 heteroatoms. The Labute approximate surface area is 228 Å². The summed E-state index contributed by atoms with van der Waals surface area (Å²) in [5, 5.41) is 3.48. The highest BCUT2D eigenvalue weighted by Gasteiger charge is 2.32. The van der Waals surface area contributed by atoms with Crippen LogP contribution in [0, 0.1) is 0 Å². The Kier molecular flexibility index (Phi) is 11.3. The van der Waals surface area contributed by atoms with Crippen LogP contribution in [0.25, 0.3) is 0 Å². The SMILES string of the molecule is CCCNC(=O)[C@@H](CC)N(Cc1ccc(Cl)c(Cl)c1)C(=O)CN(c1cc(OC)ccc1OC)S(C)(=O)=O. The Morgan fingerprint density at radius 1 is 1.03 bits per heavy atom. The quantitative estimate of drug-likeness (QED) is 0.386. The molecule has 0 unspecified atom stereocenters. The van der Waals surface area contributed by atoms with E-state index >= 15 is 0 Å². The second-order valence-electron chi connectivity index (χ2n) is 8.29. The first-order chi connectivity index (χ1) is 17.5. The van der Waals surface area contributed by atoms with Gasteiger partial charge >= 0.3 is 0 Å². The average Bonchev–Trinajstić information content (AvgIpc) is 2.86. The van der Waals surface area contributed by atoms with E-state index < -0.39 is 28.5 Å². The van der Waals surface area contributed by atoms with Gasteiger partial charge in [0.05, 0.1) is 36.2 Å². The predicted octanol–water partition coefficient (Wildman–Crippen LogP) is 4.11. The molecule has 0 aromatic heterocycles. The number of nitrogens with one attached hydrogen (secondary N) is 1. The summed E-state index contributed by atoms with van der Waals surface area (Å²) in [6.07, 6.45) is 2.03. The van der Waals surface area contributed by atoms with Gasteiger partial charge in [-0.05, 0) is 42.7 Å². The summed E-state index contributed by atoms with van der Waals surface area (Å²) >= 11 is 12.2. The van der Waals surface area contributed by atoms with Crippen molar-refractivity contribution in [2.24, 2.45) is 0 Å². The summed E-state index contributed by atoms with van der Waals surface area (Å²) < 4.78 is 37.3. The van der Waals surface area contributed by atoms with Crippen LogP contribution in [0.1, 0.15) is 32.3 Å². The third-order valence-electron chi connectivity index (χ3n) is 5.61. The molecule has 0 aliphatic rings. The van der Waals surface area contributed by atoms with Gasteiger partial charge in [0, 0.05) is 19.2 Å². The molecule has 0 radical (unpaired) electrons. The van der Waals surface area contributed by atoms with Crippen molar-refractivity contribution in [3.8, 4) is 11.5 Å². The zero-order valence-electron chi connectivity index (χ0n) is 21.6. The summed E-state index contributed by atoms with van der Waals surface area (Å²) in [6, 6.07) is 8.71. The topological polar surface area (TPSA) is 105 Å². The number of carbonyl (C=O) groups excluding carboxylic acids is 2. The summed E-state index contributed by atoms with van der Waals surface area (Å²) in [4.78, 5) is 28.1. The fourth-order valence-corrected chi connectivity index (χ4v) is 4.87. The molecule has 0 aliphatic heterocycles. The number of carbonyl (C=O) groups is 2. The number of sulfonamides is 1. The van der Waals surface area contributed by atoms with E-state index in [4.69, 9.17) is 32.7 Å². The Bertz CT molecular complexity index is 1210. The minimum Gasteiger partial charge on any atom is -0.497 e. The van der Waals surface area contributed by atoms with Crippen molar-refractivity contribution >= 4 is 50.7 Å². The third kappa shape index (κ3) is 8.15. The second-order valence-corrected chi connectivity index (χ2v) is 11.0. The number of hydrogen-bond acceptors (Lipinski definition) is 6. The minimum atomic E-state index is -3.94. The second kappa shape index (κ2) is 13.7. The van der Waals surface area contributed by atoms with Crippen molar-refractivity contribution in [1.29, 1.82) is 0 Å². The fourth-order valence-electron chi connectivity index (χ4n) is 3.71. The van der Waals surface area contributed by atoms with Crippen LogP contribution in [0.5, 0.6) is 11.5 Å². The lowest BCUT2D eigenvalue weighted by Gasteiger charge is -2.33. The summed E-state index contributed by atoms with van der Waals surface area (Å²) in [5.74, 6) is -0.291. The van der Waals surface area contributed by atoms with Gasteiger partial charge in [-0.15, -0.1) is 0 Å². The molecule has 2 aromatic rings. The Balaban J connectivity index is 2.53. The van der Waals surface area contributed by atoms with E-state index in [0.29, 0.717) is 34.3 Å². The molecular weight excluding hydrogens is 541 g/mol. The molecule has 0 fully saturated rings. The highest BCUT2D eigenvalue weighted by Crippen LogP contribution is 2.34. The number of halogens is 2. The molecule has 204 valence electrons. The average molecular weight is 575 g/mol. The van der Waals surface area contributed by atoms with Gasteiger partial charge in [-0.1, -0.05) is 43.1 Å². The number of amides is 2. The van der Waals surface area contributed by atoms with Crippen LogP contribution in [-0.2, 0) is 26.2 Å². The van der Waals surface area contributed by atoms with Gasteiger partial charge in [0.1, 0.15) is 24.1 Å². The lowest BCUT2D eigenvalue weighted by Crippen LogP contribution is -2.52. The zero-order valence-corrected chi connectivity index (χ0v) is 23.9. The third-order valence-corrected chi connectivity index (χ3v) is 7.47. The lowest BCUT2D eigenvalue weighted by atomic mass is 10.1. The molecule has 2 amide bonds. The van der Waals surface area contributed by atoms with E-state index in [9.17, 15) is 18.0 Å². The molecule has 9 nitrogen and oxygen atoms in total. The van der Waals surface area contributed by atoms with E-state index in [1.54, 1.807) is 37.3 Å². The van der Waals surface area contributed by atoms with Crippen molar-refractivity contribution in [1.82, 2.24) is 10.2 Å². The first-order valence-electron chi connectivity index (χ1n) is 11.7. The molecule has 0 bridgehead atoms. The van der Waals surface area contributed by atoms with Crippen LogP contribution >= 0.6 is 23.2 Å². The fraction of sp³-hybridized carbons (Fsp3) is 0.440. The maximum Gasteiger partial charge on any atom is 0.244 e. The molecule has 0 saturated heterocycles. The molecule has 2 rings (SSSR count). The predicted molar refractivity (Wildman–Crippen MR) is 146 cm³/mol. The van der Waals surface area contributed by atoms with Gasteiger partial charge in [0.15, 0.2) is 0 Å². The molecule has 2 aromatic carbocycles. The lowest BCUT2D eigenvalue weighted by molar-refractivity contribution is -0.140. The molecule has 0 saturated carbocycles. The number of benzene rings is 2. The van der Waals surface area contributed by atoms with Crippen LogP contribution in [0.4, 0.5) is 5.69 Å². The standard InChI is InChI=1S/C25H33Cl2N3O6S/c1-6-12-28-25(32)21(7-2)29(15-17-8-10-19(26)20(27)13-17)24(31)16-30(37(5,33)34)22-14-18(35-3)9-11-23(22)36-4/h8-11,13-14,21H,6-7,12,15-16H2,1-5H3,(H,28,32)/t21-/m1/s1. The van der Waals surface area contributed by atoms with Crippen molar-refractivity contribution in [3.05, 3.63) is 52.0 Å². The molecular formula is C25H33Cl2N3O6S. The largest absolute Gasteiger partial charge is 0.497 e. The van der Waals surface area contributed by atoms with Crippen molar-refractivity contribution < 1.29 is 27.5 Å². The monoisotopic (exact) mass is 573 g/mol. The summed E-state index contributed by atoms with van der Waals surface area (Å²) in [7, 11) is -1.10. The van der Waals surface area contributed by atoms with E-state index in [-0.39, 0.29) is 23.9 Å². The van der Waals surface area contributed by atoms with Gasteiger partial charge in [-0.25, -0.2) is 8.42 Å². The normalized spacial score (nSPS) is 12.0.